The summed E-state index contributed by atoms with van der Waals surface area (Å²) in [5.41, 5.74) is 2.02. The normalized spacial score (nSPS) is 11.2. The number of aromatic nitrogens is 3. The molecule has 6 heteroatoms. The molecule has 5 nitrogen and oxygen atoms in total. The molecule has 128 valence electrons. The molecule has 4 aromatic rings. The summed E-state index contributed by atoms with van der Waals surface area (Å²) in [5.74, 6) is 0.770. The highest BCUT2D eigenvalue weighted by Gasteiger charge is 2.08. The maximum atomic E-state index is 6.08. The van der Waals surface area contributed by atoms with Crippen LogP contribution in [-0.4, -0.2) is 21.1 Å². The minimum atomic E-state index is 0.438. The van der Waals surface area contributed by atoms with E-state index in [0.717, 1.165) is 27.6 Å². The fourth-order valence-corrected chi connectivity index (χ4v) is 2.86. The fraction of sp³-hybridized carbons (Fsp3) is 0.0500. The van der Waals surface area contributed by atoms with Crippen molar-refractivity contribution in [3.05, 3.63) is 89.0 Å². The van der Waals surface area contributed by atoms with E-state index in [1.807, 2.05) is 48.5 Å². The van der Waals surface area contributed by atoms with Crippen LogP contribution in [0.1, 0.15) is 11.1 Å². The molecule has 0 saturated carbocycles. The van der Waals surface area contributed by atoms with Crippen LogP contribution in [-0.2, 0) is 6.61 Å². The van der Waals surface area contributed by atoms with Crippen LogP contribution in [0.4, 0.5) is 0 Å². The fourth-order valence-electron chi connectivity index (χ4n) is 2.71. The maximum absolute atomic E-state index is 6.08. The van der Waals surface area contributed by atoms with Crippen molar-refractivity contribution in [1.29, 1.82) is 0 Å². The lowest BCUT2D eigenvalue weighted by Crippen LogP contribution is -2.00. The Labute approximate surface area is 155 Å². The van der Waals surface area contributed by atoms with Crippen LogP contribution < -0.4 is 4.74 Å². The lowest BCUT2D eigenvalue weighted by molar-refractivity contribution is 0.306. The first-order chi connectivity index (χ1) is 12.8. The quantitative estimate of drug-likeness (QED) is 0.419. The highest BCUT2D eigenvalue weighted by Crippen LogP contribution is 2.27. The van der Waals surface area contributed by atoms with Crippen molar-refractivity contribution in [3.8, 4) is 5.75 Å². The first-order valence-corrected chi connectivity index (χ1v) is 8.57. The van der Waals surface area contributed by atoms with Crippen molar-refractivity contribution >= 4 is 29.2 Å². The van der Waals surface area contributed by atoms with Gasteiger partial charge in [0.05, 0.1) is 6.21 Å². The Bertz CT molecular complexity index is 1120. The number of fused-ring (bicyclic) bond motifs is 1. The molecule has 0 fully saturated rings. The molecule has 3 aromatic carbocycles. The average Bonchev–Trinajstić information content (AvgIpc) is 3.10. The van der Waals surface area contributed by atoms with Crippen molar-refractivity contribution in [2.24, 2.45) is 5.10 Å². The first-order valence-electron chi connectivity index (χ1n) is 8.16. The molecule has 0 atom stereocenters. The van der Waals surface area contributed by atoms with E-state index >= 15 is 0 Å². The van der Waals surface area contributed by atoms with E-state index in [1.165, 1.54) is 11.0 Å². The van der Waals surface area contributed by atoms with E-state index in [0.29, 0.717) is 11.4 Å². The molecule has 0 unspecified atom stereocenters. The Balaban J connectivity index is 1.73. The van der Waals surface area contributed by atoms with Crippen LogP contribution >= 0.6 is 12.2 Å². The summed E-state index contributed by atoms with van der Waals surface area (Å²) in [6, 6.07) is 22.2. The van der Waals surface area contributed by atoms with Gasteiger partial charge in [-0.15, -0.1) is 0 Å². The molecule has 4 rings (SSSR count). The predicted octanol–water partition coefficient (Wildman–Crippen LogP) is 4.56. The molecule has 1 N–H and O–H groups in total. The van der Waals surface area contributed by atoms with Gasteiger partial charge in [-0.05, 0) is 34.6 Å². The minimum Gasteiger partial charge on any atom is -0.488 e. The van der Waals surface area contributed by atoms with Crippen molar-refractivity contribution in [1.82, 2.24) is 14.9 Å². The number of H-pyrrole nitrogens is 1. The molecule has 0 aliphatic carbocycles. The molecule has 0 spiro atoms. The summed E-state index contributed by atoms with van der Waals surface area (Å²) < 4.78 is 8.03. The standard InChI is InChI=1S/C20H16N4OS/c26-20-23-21-14-24(20)22-12-18-17-9-5-4-8-16(17)10-11-19(18)25-13-15-6-2-1-3-7-15/h1-12,14H,13H2,(H,23,26)/b22-12-. The number of hydrogen-bond acceptors (Lipinski definition) is 4. The maximum Gasteiger partial charge on any atom is 0.216 e. The lowest BCUT2D eigenvalue weighted by atomic mass is 10.0. The Morgan fingerprint density at radius 2 is 1.85 bits per heavy atom. The van der Waals surface area contributed by atoms with Crippen molar-refractivity contribution < 1.29 is 4.74 Å². The zero-order valence-electron chi connectivity index (χ0n) is 13.9. The number of ether oxygens (including phenoxy) is 1. The molecule has 0 bridgehead atoms. The van der Waals surface area contributed by atoms with E-state index in [9.17, 15) is 0 Å². The van der Waals surface area contributed by atoms with Gasteiger partial charge >= 0.3 is 0 Å². The average molecular weight is 360 g/mol. The molecular weight excluding hydrogens is 344 g/mol. The van der Waals surface area contributed by atoms with Crippen LogP contribution in [0.3, 0.4) is 0 Å². The first kappa shape index (κ1) is 16.2. The van der Waals surface area contributed by atoms with Crippen molar-refractivity contribution in [2.75, 3.05) is 0 Å². The minimum absolute atomic E-state index is 0.438. The molecule has 0 saturated heterocycles. The molecule has 1 heterocycles. The third-order valence-corrected chi connectivity index (χ3v) is 4.29. The van der Waals surface area contributed by atoms with E-state index in [1.54, 1.807) is 6.21 Å². The summed E-state index contributed by atoms with van der Waals surface area (Å²) >= 11 is 5.14. The van der Waals surface area contributed by atoms with Gasteiger partial charge in [0.1, 0.15) is 18.7 Å². The number of rotatable bonds is 5. The van der Waals surface area contributed by atoms with Crippen molar-refractivity contribution in [2.45, 2.75) is 6.61 Å². The number of hydrogen-bond donors (Lipinski definition) is 1. The molecule has 1 aromatic heterocycles. The second-order valence-electron chi connectivity index (χ2n) is 5.72. The van der Waals surface area contributed by atoms with Crippen molar-refractivity contribution in [3.63, 3.8) is 0 Å². The Kier molecular flexibility index (Phi) is 4.57. The summed E-state index contributed by atoms with van der Waals surface area (Å²) in [7, 11) is 0. The van der Waals surface area contributed by atoms with E-state index in [2.05, 4.69) is 33.5 Å². The van der Waals surface area contributed by atoms with E-state index in [-0.39, 0.29) is 0 Å². The van der Waals surface area contributed by atoms with Crippen LogP contribution in [0.25, 0.3) is 10.8 Å². The van der Waals surface area contributed by atoms with Gasteiger partial charge in [-0.2, -0.15) is 14.9 Å². The third-order valence-electron chi connectivity index (χ3n) is 4.01. The van der Waals surface area contributed by atoms with Gasteiger partial charge in [0, 0.05) is 5.56 Å². The SMILES string of the molecule is S=c1[nH]ncn1/N=C\c1c(OCc2ccccc2)ccc2ccccc12. The van der Waals surface area contributed by atoms with Crippen LogP contribution in [0.2, 0.25) is 0 Å². The Hall–Kier alpha value is -3.25. The number of nitrogens with one attached hydrogen (secondary N) is 1. The van der Waals surface area contributed by atoms with E-state index in [4.69, 9.17) is 17.0 Å². The van der Waals surface area contributed by atoms with Gasteiger partial charge in [-0.25, -0.2) is 0 Å². The number of nitrogens with zero attached hydrogens (tertiary/aromatic N) is 3. The monoisotopic (exact) mass is 360 g/mol. The predicted molar refractivity (Wildman–Crippen MR) is 105 cm³/mol. The molecular formula is C20H16N4OS. The summed E-state index contributed by atoms with van der Waals surface area (Å²) in [4.78, 5) is 0. The highest BCUT2D eigenvalue weighted by atomic mass is 32.1. The molecule has 0 aliphatic heterocycles. The molecule has 0 amide bonds. The second-order valence-corrected chi connectivity index (χ2v) is 6.11. The zero-order chi connectivity index (χ0) is 17.8. The van der Waals surface area contributed by atoms with Gasteiger partial charge in [-0.1, -0.05) is 60.7 Å². The number of aromatic amines is 1. The smallest absolute Gasteiger partial charge is 0.216 e. The van der Waals surface area contributed by atoms with Gasteiger partial charge in [0.2, 0.25) is 4.77 Å². The van der Waals surface area contributed by atoms with Gasteiger partial charge in [-0.3, -0.25) is 5.10 Å². The molecule has 0 radical (unpaired) electrons. The Morgan fingerprint density at radius 1 is 1.04 bits per heavy atom. The van der Waals surface area contributed by atoms with Gasteiger partial charge < -0.3 is 4.74 Å². The summed E-state index contributed by atoms with van der Waals surface area (Å²) in [5, 5.41) is 13.2. The van der Waals surface area contributed by atoms with E-state index < -0.39 is 0 Å². The summed E-state index contributed by atoms with van der Waals surface area (Å²) in [6.45, 7) is 0.491. The summed E-state index contributed by atoms with van der Waals surface area (Å²) in [6.07, 6.45) is 3.29. The van der Waals surface area contributed by atoms with Crippen LogP contribution in [0.5, 0.6) is 5.75 Å². The largest absolute Gasteiger partial charge is 0.488 e. The Morgan fingerprint density at radius 3 is 2.65 bits per heavy atom. The number of benzene rings is 3. The molecule has 0 aliphatic rings. The van der Waals surface area contributed by atoms with Gasteiger partial charge in [0.15, 0.2) is 0 Å². The zero-order valence-corrected chi connectivity index (χ0v) is 14.7. The second kappa shape index (κ2) is 7.33. The molecule has 26 heavy (non-hydrogen) atoms. The third kappa shape index (κ3) is 3.41. The lowest BCUT2D eigenvalue weighted by Gasteiger charge is -2.12. The van der Waals surface area contributed by atoms with Gasteiger partial charge in [0.25, 0.3) is 0 Å². The van der Waals surface area contributed by atoms with Crippen LogP contribution in [0.15, 0.2) is 78.2 Å². The van der Waals surface area contributed by atoms with Crippen LogP contribution in [0, 0.1) is 4.77 Å². The topological polar surface area (TPSA) is 55.2 Å². The highest BCUT2D eigenvalue weighted by molar-refractivity contribution is 7.71.